The van der Waals surface area contributed by atoms with Crippen molar-refractivity contribution in [2.75, 3.05) is 5.32 Å². The van der Waals surface area contributed by atoms with Gasteiger partial charge in [-0.2, -0.15) is 0 Å². The van der Waals surface area contributed by atoms with Crippen LogP contribution in [-0.4, -0.2) is 28.7 Å². The topological polar surface area (TPSA) is 66.5 Å². The lowest BCUT2D eigenvalue weighted by atomic mass is 9.54. The van der Waals surface area contributed by atoms with Crippen LogP contribution in [0.25, 0.3) is 0 Å². The van der Waals surface area contributed by atoms with Gasteiger partial charge >= 0.3 is 0 Å². The number of hydrogen-bond acceptors (Lipinski definition) is 3. The van der Waals surface area contributed by atoms with E-state index in [0.29, 0.717) is 5.69 Å². The number of benzene rings is 3. The number of aryl methyl sites for hydroxylation is 1. The van der Waals surface area contributed by atoms with Crippen LogP contribution >= 0.6 is 39.1 Å². The van der Waals surface area contributed by atoms with Gasteiger partial charge in [-0.25, -0.2) is 0 Å². The summed E-state index contributed by atoms with van der Waals surface area (Å²) < 4.78 is 0.884. The van der Waals surface area contributed by atoms with E-state index in [1.165, 1.54) is 0 Å². The van der Waals surface area contributed by atoms with E-state index in [1.807, 2.05) is 67.6 Å². The van der Waals surface area contributed by atoms with E-state index in [-0.39, 0.29) is 0 Å². The number of nitrogens with one attached hydrogen (secondary N) is 1. The van der Waals surface area contributed by atoms with Gasteiger partial charge < -0.3 is 5.32 Å². The molecule has 0 saturated carbocycles. The highest BCUT2D eigenvalue weighted by Crippen LogP contribution is 2.69. The first kappa shape index (κ1) is 23.7. The van der Waals surface area contributed by atoms with Gasteiger partial charge in [0.2, 0.25) is 17.7 Å². The number of halogens is 3. The third kappa shape index (κ3) is 2.86. The van der Waals surface area contributed by atoms with Crippen LogP contribution in [-0.2, 0) is 24.1 Å². The number of carbonyl (C=O) groups is 3. The molecular weight excluding hydrogens is 563 g/mol. The lowest BCUT2D eigenvalue weighted by molar-refractivity contribution is -0.146. The predicted molar refractivity (Wildman–Crippen MR) is 142 cm³/mol. The number of carbonyl (C=O) groups excluding carboxylic acids is 3. The molecule has 1 fully saturated rings. The zero-order chi connectivity index (χ0) is 25.6. The van der Waals surface area contributed by atoms with Crippen LogP contribution < -0.4 is 5.32 Å². The average molecular weight is 584 g/mol. The van der Waals surface area contributed by atoms with Crippen LogP contribution in [0.5, 0.6) is 0 Å². The van der Waals surface area contributed by atoms with Gasteiger partial charge in [-0.05, 0) is 59.9 Å². The van der Waals surface area contributed by atoms with Crippen LogP contribution in [0.4, 0.5) is 5.69 Å². The zero-order valence-corrected chi connectivity index (χ0v) is 22.5. The average Bonchev–Trinajstić information content (AvgIpc) is 3.14. The third-order valence-electron chi connectivity index (χ3n) is 7.83. The highest BCUT2D eigenvalue weighted by atomic mass is 79.9. The van der Waals surface area contributed by atoms with E-state index in [9.17, 15) is 14.4 Å². The van der Waals surface area contributed by atoms with E-state index in [2.05, 4.69) is 21.2 Å². The number of alkyl halides is 2. The van der Waals surface area contributed by atoms with Gasteiger partial charge in [0, 0.05) is 10.2 Å². The van der Waals surface area contributed by atoms with Crippen LogP contribution in [0.2, 0.25) is 0 Å². The standard InChI is InChI=1S/C28H21BrCl2N2O3/c1-14-13-16(29)11-12-21(14)32-24(34)15(2)33-25(35)22-23(26(33)36)28(31)18-8-4-3-7-17(18)27(22,30)19-9-5-6-10-20(19)28/h3-13,15,22-23H,1-2H3,(H,32,34)/t15-,22+,23+,27?,28?/m0/s1. The van der Waals surface area contributed by atoms with Crippen molar-refractivity contribution in [3.05, 3.63) is 99.0 Å². The number of hydrogen-bond donors (Lipinski definition) is 1. The molecule has 182 valence electrons. The van der Waals surface area contributed by atoms with Crippen LogP contribution in [0.1, 0.15) is 34.7 Å². The Hall–Kier alpha value is -2.67. The molecular formula is C28H21BrCl2N2O3. The molecule has 3 amide bonds. The molecule has 3 atom stereocenters. The van der Waals surface area contributed by atoms with E-state index >= 15 is 0 Å². The van der Waals surface area contributed by atoms with Gasteiger partial charge in [-0.1, -0.05) is 64.5 Å². The highest BCUT2D eigenvalue weighted by Gasteiger charge is 2.73. The van der Waals surface area contributed by atoms with Crippen molar-refractivity contribution in [1.29, 1.82) is 0 Å². The fourth-order valence-corrected chi connectivity index (χ4v) is 7.77. The van der Waals surface area contributed by atoms with Gasteiger partial charge in [0.25, 0.3) is 0 Å². The molecule has 0 aromatic heterocycles. The Morgan fingerprint density at radius 2 is 1.33 bits per heavy atom. The van der Waals surface area contributed by atoms with Crippen LogP contribution in [0, 0.1) is 18.8 Å². The molecule has 1 saturated heterocycles. The fraction of sp³-hybridized carbons (Fsp3) is 0.250. The largest absolute Gasteiger partial charge is 0.324 e. The zero-order valence-electron chi connectivity index (χ0n) is 19.4. The Kier molecular flexibility index (Phi) is 5.21. The summed E-state index contributed by atoms with van der Waals surface area (Å²) in [5, 5.41) is 2.86. The molecule has 1 aliphatic heterocycles. The summed E-state index contributed by atoms with van der Waals surface area (Å²) in [4.78, 5) is 39.8. The summed E-state index contributed by atoms with van der Waals surface area (Å²) in [7, 11) is 0. The summed E-state index contributed by atoms with van der Waals surface area (Å²) in [6.45, 7) is 3.42. The number of nitrogens with zero attached hydrogens (tertiary/aromatic N) is 1. The first-order valence-corrected chi connectivity index (χ1v) is 13.2. The molecule has 3 aromatic carbocycles. The Labute approximate surface area is 226 Å². The molecule has 3 aliphatic carbocycles. The highest BCUT2D eigenvalue weighted by molar-refractivity contribution is 9.10. The summed E-state index contributed by atoms with van der Waals surface area (Å²) in [6, 6.07) is 19.3. The SMILES string of the molecule is Cc1cc(Br)ccc1NC(=O)[C@H](C)N1C(=O)[C@H]2[C@H](C1=O)C1(Cl)c3ccccc3C2(Cl)c2ccccc21. The first-order valence-electron chi connectivity index (χ1n) is 11.6. The Morgan fingerprint density at radius 3 is 1.75 bits per heavy atom. The quantitative estimate of drug-likeness (QED) is 0.319. The van der Waals surface area contributed by atoms with Crippen molar-refractivity contribution >= 4 is 62.5 Å². The second kappa shape index (κ2) is 7.91. The third-order valence-corrected chi connectivity index (χ3v) is 9.61. The van der Waals surface area contributed by atoms with E-state index in [4.69, 9.17) is 23.2 Å². The van der Waals surface area contributed by atoms with Gasteiger partial charge in [-0.3, -0.25) is 19.3 Å². The molecule has 2 bridgehead atoms. The molecule has 1 N–H and O–H groups in total. The molecule has 0 spiro atoms. The molecule has 8 heteroatoms. The van der Waals surface area contributed by atoms with Gasteiger partial charge in [0.15, 0.2) is 0 Å². The maximum Gasteiger partial charge on any atom is 0.247 e. The monoisotopic (exact) mass is 582 g/mol. The summed E-state index contributed by atoms with van der Waals surface area (Å²) in [5.41, 5.74) is 4.37. The minimum absolute atomic E-state index is 0.463. The van der Waals surface area contributed by atoms with Crippen molar-refractivity contribution in [2.45, 2.75) is 29.6 Å². The van der Waals surface area contributed by atoms with Crippen molar-refractivity contribution < 1.29 is 14.4 Å². The summed E-state index contributed by atoms with van der Waals surface area (Å²) >= 11 is 18.3. The minimum atomic E-state index is -1.27. The number of rotatable bonds is 3. The van der Waals surface area contributed by atoms with Gasteiger partial charge in [-0.15, -0.1) is 23.2 Å². The van der Waals surface area contributed by atoms with Gasteiger partial charge in [0.05, 0.1) is 11.8 Å². The van der Waals surface area contributed by atoms with E-state index in [1.54, 1.807) is 13.0 Å². The lowest BCUT2D eigenvalue weighted by Crippen LogP contribution is -2.57. The summed E-state index contributed by atoms with van der Waals surface area (Å²) in [6.07, 6.45) is 0. The Balaban J connectivity index is 1.44. The molecule has 0 unspecified atom stereocenters. The van der Waals surface area contributed by atoms with Crippen molar-refractivity contribution in [3.63, 3.8) is 0 Å². The molecule has 4 aliphatic rings. The Bertz CT molecular complexity index is 1370. The minimum Gasteiger partial charge on any atom is -0.324 e. The lowest BCUT2D eigenvalue weighted by Gasteiger charge is -2.54. The Morgan fingerprint density at radius 1 is 0.889 bits per heavy atom. The molecule has 7 rings (SSSR count). The van der Waals surface area contributed by atoms with Crippen molar-refractivity contribution in [1.82, 2.24) is 4.90 Å². The molecule has 0 radical (unpaired) electrons. The predicted octanol–water partition coefficient (Wildman–Crippen LogP) is 5.68. The summed E-state index contributed by atoms with van der Waals surface area (Å²) in [5.74, 6) is -3.29. The number of imide groups is 1. The molecule has 3 aromatic rings. The van der Waals surface area contributed by atoms with Crippen LogP contribution in [0.15, 0.2) is 71.2 Å². The van der Waals surface area contributed by atoms with Gasteiger partial charge in [0.1, 0.15) is 15.8 Å². The fourth-order valence-electron chi connectivity index (χ4n) is 6.19. The van der Waals surface area contributed by atoms with Crippen molar-refractivity contribution in [2.24, 2.45) is 11.8 Å². The second-order valence-corrected chi connectivity index (χ2v) is 11.7. The maximum atomic E-state index is 14.0. The normalized spacial score (nSPS) is 28.4. The number of amides is 3. The first-order chi connectivity index (χ1) is 17.1. The van der Waals surface area contributed by atoms with E-state index < -0.39 is 45.3 Å². The van der Waals surface area contributed by atoms with Crippen molar-refractivity contribution in [3.8, 4) is 0 Å². The smallest absolute Gasteiger partial charge is 0.247 e. The second-order valence-electron chi connectivity index (χ2n) is 9.64. The number of likely N-dealkylation sites (tertiary alicyclic amines) is 1. The maximum absolute atomic E-state index is 14.0. The molecule has 1 heterocycles. The van der Waals surface area contributed by atoms with Crippen LogP contribution in [0.3, 0.4) is 0 Å². The number of anilines is 1. The molecule has 36 heavy (non-hydrogen) atoms. The van der Waals surface area contributed by atoms with E-state index in [0.717, 1.165) is 37.2 Å². The molecule has 5 nitrogen and oxygen atoms in total.